The number of anilines is 1. The number of nitrogens with zero attached hydrogens (tertiary/aromatic N) is 1. The van der Waals surface area contributed by atoms with E-state index in [1.165, 1.54) is 0 Å². The Morgan fingerprint density at radius 3 is 2.79 bits per heavy atom. The molecule has 1 N–H and O–H groups in total. The SMILES string of the molecule is CCOc1ccc(N2CC(CCO)OCC2=O)cc1. The van der Waals surface area contributed by atoms with Gasteiger partial charge in [-0.05, 0) is 37.6 Å². The number of carbonyl (C=O) groups excluding carboxylic acids is 1. The summed E-state index contributed by atoms with van der Waals surface area (Å²) < 4.78 is 10.7. The summed E-state index contributed by atoms with van der Waals surface area (Å²) >= 11 is 0. The van der Waals surface area contributed by atoms with E-state index >= 15 is 0 Å². The predicted molar refractivity (Wildman–Crippen MR) is 71.4 cm³/mol. The highest BCUT2D eigenvalue weighted by Crippen LogP contribution is 2.22. The van der Waals surface area contributed by atoms with Crippen molar-refractivity contribution in [1.29, 1.82) is 0 Å². The van der Waals surface area contributed by atoms with Crippen LogP contribution in [0.4, 0.5) is 5.69 Å². The van der Waals surface area contributed by atoms with Gasteiger partial charge in [-0.1, -0.05) is 0 Å². The fraction of sp³-hybridized carbons (Fsp3) is 0.500. The van der Waals surface area contributed by atoms with Crippen molar-refractivity contribution in [3.05, 3.63) is 24.3 Å². The van der Waals surface area contributed by atoms with Gasteiger partial charge in [-0.15, -0.1) is 0 Å². The molecule has 1 fully saturated rings. The Kier molecular flexibility index (Phi) is 4.76. The summed E-state index contributed by atoms with van der Waals surface area (Å²) in [6.45, 7) is 3.16. The van der Waals surface area contributed by atoms with Crippen molar-refractivity contribution in [2.45, 2.75) is 19.4 Å². The van der Waals surface area contributed by atoms with Crippen molar-refractivity contribution in [2.24, 2.45) is 0 Å². The van der Waals surface area contributed by atoms with E-state index in [2.05, 4.69) is 0 Å². The van der Waals surface area contributed by atoms with Gasteiger partial charge in [0.15, 0.2) is 0 Å². The highest BCUT2D eigenvalue weighted by molar-refractivity contribution is 5.95. The number of amides is 1. The van der Waals surface area contributed by atoms with Crippen LogP contribution in [0.1, 0.15) is 13.3 Å². The third-order valence-electron chi connectivity index (χ3n) is 3.04. The molecule has 104 valence electrons. The summed E-state index contributed by atoms with van der Waals surface area (Å²) in [7, 11) is 0. The molecule has 19 heavy (non-hydrogen) atoms. The van der Waals surface area contributed by atoms with E-state index in [1.54, 1.807) is 4.90 Å². The van der Waals surface area contributed by atoms with Crippen LogP contribution in [0.2, 0.25) is 0 Å². The molecule has 1 aromatic rings. The molecule has 1 heterocycles. The molecule has 2 rings (SSSR count). The maximum absolute atomic E-state index is 11.9. The lowest BCUT2D eigenvalue weighted by Gasteiger charge is -2.32. The van der Waals surface area contributed by atoms with Crippen LogP contribution in [0.15, 0.2) is 24.3 Å². The van der Waals surface area contributed by atoms with Crippen molar-refractivity contribution in [1.82, 2.24) is 0 Å². The van der Waals surface area contributed by atoms with E-state index in [0.29, 0.717) is 19.6 Å². The van der Waals surface area contributed by atoms with Gasteiger partial charge in [0.2, 0.25) is 0 Å². The second-order valence-electron chi connectivity index (χ2n) is 4.38. The average Bonchev–Trinajstić information content (AvgIpc) is 2.43. The lowest BCUT2D eigenvalue weighted by molar-refractivity contribution is -0.129. The Balaban J connectivity index is 2.07. The van der Waals surface area contributed by atoms with Crippen molar-refractivity contribution in [3.63, 3.8) is 0 Å². The lowest BCUT2D eigenvalue weighted by Crippen LogP contribution is -2.47. The van der Waals surface area contributed by atoms with Crippen molar-refractivity contribution < 1.29 is 19.4 Å². The first-order valence-corrected chi connectivity index (χ1v) is 6.50. The highest BCUT2D eigenvalue weighted by Gasteiger charge is 2.26. The summed E-state index contributed by atoms with van der Waals surface area (Å²) in [6.07, 6.45) is 0.440. The summed E-state index contributed by atoms with van der Waals surface area (Å²) in [5.74, 6) is 0.734. The molecular formula is C14H19NO4. The van der Waals surface area contributed by atoms with Gasteiger partial charge in [0.1, 0.15) is 12.4 Å². The van der Waals surface area contributed by atoms with Gasteiger partial charge < -0.3 is 19.5 Å². The first-order chi connectivity index (χ1) is 9.24. The van der Waals surface area contributed by atoms with Gasteiger partial charge in [0.25, 0.3) is 5.91 Å². The molecule has 1 aromatic carbocycles. The monoisotopic (exact) mass is 265 g/mol. The third-order valence-corrected chi connectivity index (χ3v) is 3.04. The second-order valence-corrected chi connectivity index (χ2v) is 4.38. The third kappa shape index (κ3) is 3.45. The molecule has 0 aromatic heterocycles. The molecule has 0 aliphatic carbocycles. The van der Waals surface area contributed by atoms with E-state index in [4.69, 9.17) is 14.6 Å². The van der Waals surface area contributed by atoms with Crippen LogP contribution in [-0.2, 0) is 9.53 Å². The van der Waals surface area contributed by atoms with Crippen LogP contribution in [0.3, 0.4) is 0 Å². The zero-order valence-electron chi connectivity index (χ0n) is 11.0. The molecule has 5 heteroatoms. The molecule has 0 bridgehead atoms. The van der Waals surface area contributed by atoms with Crippen molar-refractivity contribution in [3.8, 4) is 5.75 Å². The molecule has 0 saturated carbocycles. The van der Waals surface area contributed by atoms with E-state index in [9.17, 15) is 4.79 Å². The Hall–Kier alpha value is -1.59. The number of ether oxygens (including phenoxy) is 2. The molecule has 0 radical (unpaired) electrons. The maximum atomic E-state index is 11.9. The number of morpholine rings is 1. The van der Waals surface area contributed by atoms with Gasteiger partial charge in [-0.3, -0.25) is 4.79 Å². The molecule has 0 spiro atoms. The van der Waals surface area contributed by atoms with Gasteiger partial charge in [-0.25, -0.2) is 0 Å². The lowest BCUT2D eigenvalue weighted by atomic mass is 10.2. The number of benzene rings is 1. The Bertz CT molecular complexity index is 418. The fourth-order valence-corrected chi connectivity index (χ4v) is 2.08. The Labute approximate surface area is 112 Å². The maximum Gasteiger partial charge on any atom is 0.253 e. The summed E-state index contributed by atoms with van der Waals surface area (Å²) in [4.78, 5) is 13.6. The number of aliphatic hydroxyl groups excluding tert-OH is 1. The number of rotatable bonds is 5. The van der Waals surface area contributed by atoms with Gasteiger partial charge in [0, 0.05) is 12.3 Å². The normalized spacial score (nSPS) is 19.6. The van der Waals surface area contributed by atoms with Crippen molar-refractivity contribution >= 4 is 11.6 Å². The van der Waals surface area contributed by atoms with Gasteiger partial charge in [0.05, 0.1) is 19.3 Å². The van der Waals surface area contributed by atoms with E-state index in [0.717, 1.165) is 11.4 Å². The highest BCUT2D eigenvalue weighted by atomic mass is 16.5. The van der Waals surface area contributed by atoms with Crippen LogP contribution in [0, 0.1) is 0 Å². The van der Waals surface area contributed by atoms with Crippen LogP contribution >= 0.6 is 0 Å². The van der Waals surface area contributed by atoms with Crippen LogP contribution in [0.25, 0.3) is 0 Å². The fourth-order valence-electron chi connectivity index (χ4n) is 2.08. The molecule has 1 atom stereocenters. The molecule has 1 saturated heterocycles. The Morgan fingerprint density at radius 2 is 2.16 bits per heavy atom. The number of hydrogen-bond acceptors (Lipinski definition) is 4. The zero-order chi connectivity index (χ0) is 13.7. The van der Waals surface area contributed by atoms with Crippen LogP contribution in [0.5, 0.6) is 5.75 Å². The van der Waals surface area contributed by atoms with Crippen LogP contribution in [-0.4, -0.2) is 43.5 Å². The van der Waals surface area contributed by atoms with Gasteiger partial charge >= 0.3 is 0 Å². The summed E-state index contributed by atoms with van der Waals surface area (Å²) in [6, 6.07) is 7.43. The van der Waals surface area contributed by atoms with Crippen molar-refractivity contribution in [2.75, 3.05) is 31.3 Å². The number of aliphatic hydroxyl groups is 1. The summed E-state index contributed by atoms with van der Waals surface area (Å²) in [5.41, 5.74) is 0.833. The number of carbonyl (C=O) groups is 1. The summed E-state index contributed by atoms with van der Waals surface area (Å²) in [5, 5.41) is 8.94. The smallest absolute Gasteiger partial charge is 0.253 e. The molecule has 5 nitrogen and oxygen atoms in total. The first-order valence-electron chi connectivity index (χ1n) is 6.50. The minimum absolute atomic E-state index is 0.0571. The number of hydrogen-bond donors (Lipinski definition) is 1. The van der Waals surface area contributed by atoms with Crippen LogP contribution < -0.4 is 9.64 Å². The minimum Gasteiger partial charge on any atom is -0.494 e. The molecule has 1 aliphatic rings. The van der Waals surface area contributed by atoms with E-state index in [1.807, 2.05) is 31.2 Å². The molecule has 1 amide bonds. The van der Waals surface area contributed by atoms with E-state index < -0.39 is 0 Å². The van der Waals surface area contributed by atoms with E-state index in [-0.39, 0.29) is 25.2 Å². The quantitative estimate of drug-likeness (QED) is 0.869. The predicted octanol–water partition coefficient (Wildman–Crippen LogP) is 1.20. The molecule has 1 unspecified atom stereocenters. The minimum atomic E-state index is -0.103. The average molecular weight is 265 g/mol. The largest absolute Gasteiger partial charge is 0.494 e. The van der Waals surface area contributed by atoms with Gasteiger partial charge in [-0.2, -0.15) is 0 Å². The zero-order valence-corrected chi connectivity index (χ0v) is 11.0. The topological polar surface area (TPSA) is 59.0 Å². The Morgan fingerprint density at radius 1 is 1.42 bits per heavy atom. The molecular weight excluding hydrogens is 246 g/mol. The molecule has 1 aliphatic heterocycles. The first kappa shape index (κ1) is 13.8. The standard InChI is InChI=1S/C14H19NO4/c1-2-18-12-5-3-11(4-6-12)15-9-13(7-8-16)19-10-14(15)17/h3-6,13,16H,2,7-10H2,1H3. The second kappa shape index (κ2) is 6.54.